The number of carbonyl (C=O) groups is 2. The third-order valence-corrected chi connectivity index (χ3v) is 3.57. The van der Waals surface area contributed by atoms with Gasteiger partial charge in [0.05, 0.1) is 11.9 Å². The quantitative estimate of drug-likeness (QED) is 0.868. The van der Waals surface area contributed by atoms with Crippen LogP contribution in [-0.2, 0) is 4.79 Å². The molecule has 1 aliphatic rings. The second-order valence-corrected chi connectivity index (χ2v) is 5.60. The van der Waals surface area contributed by atoms with Crippen molar-refractivity contribution in [2.45, 2.75) is 31.6 Å². The third kappa shape index (κ3) is 3.76. The van der Waals surface area contributed by atoms with E-state index >= 15 is 0 Å². The summed E-state index contributed by atoms with van der Waals surface area (Å²) in [4.78, 5) is 25.5. The topological polar surface area (TPSA) is 62.6 Å². The molecular formula is C14H19ClN2O3. The lowest BCUT2D eigenvalue weighted by Crippen LogP contribution is -2.42. The molecule has 2 amide bonds. The van der Waals surface area contributed by atoms with Crippen LogP contribution in [0.25, 0.3) is 0 Å². The van der Waals surface area contributed by atoms with Crippen molar-refractivity contribution in [3.05, 3.63) is 23.7 Å². The number of nitrogens with zero attached hydrogens (tertiary/aromatic N) is 1. The van der Waals surface area contributed by atoms with Crippen LogP contribution in [0.1, 0.15) is 47.9 Å². The van der Waals surface area contributed by atoms with Gasteiger partial charge in [0.15, 0.2) is 5.76 Å². The third-order valence-electron chi connectivity index (χ3n) is 3.35. The van der Waals surface area contributed by atoms with Gasteiger partial charge in [-0.15, -0.1) is 11.6 Å². The van der Waals surface area contributed by atoms with Crippen LogP contribution >= 0.6 is 11.6 Å². The number of likely N-dealkylation sites (tertiary alicyclic amines) is 1. The predicted molar refractivity (Wildman–Crippen MR) is 75.7 cm³/mol. The molecule has 6 heteroatoms. The van der Waals surface area contributed by atoms with Crippen molar-refractivity contribution in [1.82, 2.24) is 10.2 Å². The van der Waals surface area contributed by atoms with Gasteiger partial charge in [-0.2, -0.15) is 0 Å². The highest BCUT2D eigenvalue weighted by Crippen LogP contribution is 2.21. The normalized spacial score (nSPS) is 16.8. The largest absolute Gasteiger partial charge is 0.454 e. The fourth-order valence-electron chi connectivity index (χ4n) is 2.19. The summed E-state index contributed by atoms with van der Waals surface area (Å²) in [6.45, 7) is 3.33. The van der Waals surface area contributed by atoms with Crippen LogP contribution in [0.4, 0.5) is 0 Å². The summed E-state index contributed by atoms with van der Waals surface area (Å²) in [6.07, 6.45) is 3.24. The molecule has 1 atom stereocenters. The number of nitrogens with one attached hydrogen (secondary N) is 1. The molecule has 2 heterocycles. The Morgan fingerprint density at radius 3 is 2.65 bits per heavy atom. The van der Waals surface area contributed by atoms with E-state index in [0.717, 1.165) is 25.9 Å². The van der Waals surface area contributed by atoms with Crippen molar-refractivity contribution < 1.29 is 14.0 Å². The molecule has 1 aromatic heterocycles. The van der Waals surface area contributed by atoms with E-state index < -0.39 is 0 Å². The number of hydrogen-bond donors (Lipinski definition) is 1. The van der Waals surface area contributed by atoms with Gasteiger partial charge in [-0.1, -0.05) is 0 Å². The number of amides is 2. The molecule has 0 aliphatic carbocycles. The van der Waals surface area contributed by atoms with Gasteiger partial charge in [-0.3, -0.25) is 9.59 Å². The lowest BCUT2D eigenvalue weighted by atomic mass is 10.1. The summed E-state index contributed by atoms with van der Waals surface area (Å²) in [5.41, 5.74) is 0. The molecule has 0 spiro atoms. The Labute approximate surface area is 123 Å². The number of furan rings is 1. The van der Waals surface area contributed by atoms with E-state index in [-0.39, 0.29) is 29.5 Å². The summed E-state index contributed by atoms with van der Waals surface area (Å²) in [7, 11) is 0. The second kappa shape index (κ2) is 6.79. The average Bonchev–Trinajstić information content (AvgIpc) is 2.95. The maximum Gasteiger partial charge on any atom is 0.287 e. The zero-order valence-corrected chi connectivity index (χ0v) is 12.3. The standard InChI is InChI=1S/C14H19ClN2O3/c1-10(15)11-5-6-12(20-11)14(19)16-9-13(18)17-7-3-2-4-8-17/h5-6,10H,2-4,7-9H2,1H3,(H,16,19). The van der Waals surface area contributed by atoms with E-state index in [1.54, 1.807) is 24.0 Å². The lowest BCUT2D eigenvalue weighted by Gasteiger charge is -2.26. The molecule has 0 saturated carbocycles. The number of carbonyl (C=O) groups excluding carboxylic acids is 2. The summed E-state index contributed by atoms with van der Waals surface area (Å²) in [6, 6.07) is 3.23. The molecule has 1 aromatic rings. The number of rotatable bonds is 4. The second-order valence-electron chi connectivity index (χ2n) is 4.94. The molecule has 1 saturated heterocycles. The Balaban J connectivity index is 1.83. The van der Waals surface area contributed by atoms with Crippen LogP contribution in [-0.4, -0.2) is 36.3 Å². The zero-order chi connectivity index (χ0) is 14.5. The number of halogens is 1. The van der Waals surface area contributed by atoms with Gasteiger partial charge >= 0.3 is 0 Å². The Morgan fingerprint density at radius 2 is 2.05 bits per heavy atom. The first kappa shape index (κ1) is 14.9. The first-order valence-corrected chi connectivity index (χ1v) is 7.31. The Kier molecular flexibility index (Phi) is 5.06. The average molecular weight is 299 g/mol. The highest BCUT2D eigenvalue weighted by Gasteiger charge is 2.18. The molecular weight excluding hydrogens is 280 g/mol. The minimum atomic E-state index is -0.390. The molecule has 1 fully saturated rings. The first-order chi connectivity index (χ1) is 9.58. The number of hydrogen-bond acceptors (Lipinski definition) is 3. The van der Waals surface area contributed by atoms with Gasteiger partial charge in [0.1, 0.15) is 5.76 Å². The van der Waals surface area contributed by atoms with E-state index in [1.165, 1.54) is 6.42 Å². The van der Waals surface area contributed by atoms with Crippen LogP contribution in [0.5, 0.6) is 0 Å². The predicted octanol–water partition coefficient (Wildman–Crippen LogP) is 2.32. The van der Waals surface area contributed by atoms with Gasteiger partial charge in [0.2, 0.25) is 5.91 Å². The molecule has 5 nitrogen and oxygen atoms in total. The molecule has 0 aromatic carbocycles. The van der Waals surface area contributed by atoms with E-state index in [1.807, 2.05) is 0 Å². The van der Waals surface area contributed by atoms with Crippen molar-refractivity contribution in [2.24, 2.45) is 0 Å². The van der Waals surface area contributed by atoms with Crippen LogP contribution in [0.2, 0.25) is 0 Å². The SMILES string of the molecule is CC(Cl)c1ccc(C(=O)NCC(=O)N2CCCCC2)o1. The van der Waals surface area contributed by atoms with Crippen LogP contribution < -0.4 is 5.32 Å². The summed E-state index contributed by atoms with van der Waals surface area (Å²) in [5.74, 6) is 0.285. The van der Waals surface area contributed by atoms with Crippen molar-refractivity contribution in [1.29, 1.82) is 0 Å². The molecule has 1 unspecified atom stereocenters. The van der Waals surface area contributed by atoms with Crippen LogP contribution in [0.15, 0.2) is 16.5 Å². The van der Waals surface area contributed by atoms with Gasteiger partial charge in [0.25, 0.3) is 5.91 Å². The molecule has 1 N–H and O–H groups in total. The minimum Gasteiger partial charge on any atom is -0.454 e. The molecule has 0 bridgehead atoms. The fourth-order valence-corrected chi connectivity index (χ4v) is 2.30. The summed E-state index contributed by atoms with van der Waals surface area (Å²) in [5, 5.41) is 2.30. The Hall–Kier alpha value is -1.49. The molecule has 1 aliphatic heterocycles. The Bertz CT molecular complexity index is 479. The Morgan fingerprint density at radius 1 is 1.35 bits per heavy atom. The number of piperidine rings is 1. The van der Waals surface area contributed by atoms with E-state index in [2.05, 4.69) is 5.32 Å². The summed E-state index contributed by atoms with van der Waals surface area (Å²) < 4.78 is 5.32. The maximum atomic E-state index is 11.9. The van der Waals surface area contributed by atoms with Gasteiger partial charge in [-0.05, 0) is 38.3 Å². The smallest absolute Gasteiger partial charge is 0.287 e. The lowest BCUT2D eigenvalue weighted by molar-refractivity contribution is -0.130. The minimum absolute atomic E-state index is 0.00525. The molecule has 20 heavy (non-hydrogen) atoms. The zero-order valence-electron chi connectivity index (χ0n) is 11.5. The van der Waals surface area contributed by atoms with E-state index in [9.17, 15) is 9.59 Å². The molecule has 2 rings (SSSR count). The fraction of sp³-hybridized carbons (Fsp3) is 0.571. The van der Waals surface area contributed by atoms with Crippen LogP contribution in [0.3, 0.4) is 0 Å². The number of alkyl halides is 1. The van der Waals surface area contributed by atoms with Gasteiger partial charge in [0, 0.05) is 13.1 Å². The van der Waals surface area contributed by atoms with Crippen molar-refractivity contribution in [3.63, 3.8) is 0 Å². The maximum absolute atomic E-state index is 11.9. The van der Waals surface area contributed by atoms with Crippen LogP contribution in [0, 0.1) is 0 Å². The highest BCUT2D eigenvalue weighted by atomic mass is 35.5. The summed E-state index contributed by atoms with van der Waals surface area (Å²) >= 11 is 5.86. The van der Waals surface area contributed by atoms with Gasteiger partial charge < -0.3 is 14.6 Å². The first-order valence-electron chi connectivity index (χ1n) is 6.87. The van der Waals surface area contributed by atoms with Crippen molar-refractivity contribution in [2.75, 3.05) is 19.6 Å². The van der Waals surface area contributed by atoms with E-state index in [0.29, 0.717) is 5.76 Å². The van der Waals surface area contributed by atoms with E-state index in [4.69, 9.17) is 16.0 Å². The molecule has 0 radical (unpaired) electrons. The monoisotopic (exact) mass is 298 g/mol. The van der Waals surface area contributed by atoms with Crippen molar-refractivity contribution in [3.8, 4) is 0 Å². The molecule has 110 valence electrons. The highest BCUT2D eigenvalue weighted by molar-refractivity contribution is 6.20. The van der Waals surface area contributed by atoms with Gasteiger partial charge in [-0.25, -0.2) is 0 Å². The van der Waals surface area contributed by atoms with Crippen molar-refractivity contribution >= 4 is 23.4 Å².